The second-order valence-electron chi connectivity index (χ2n) is 9.07. The predicted octanol–water partition coefficient (Wildman–Crippen LogP) is 5.45. The minimum atomic E-state index is -0.369. The summed E-state index contributed by atoms with van der Waals surface area (Å²) in [6.07, 6.45) is 2.24. The van der Waals surface area contributed by atoms with Crippen molar-refractivity contribution in [3.8, 4) is 11.1 Å². The summed E-state index contributed by atoms with van der Waals surface area (Å²) in [6.45, 7) is 11.8. The number of hydrogen-bond acceptors (Lipinski definition) is 5. The summed E-state index contributed by atoms with van der Waals surface area (Å²) in [5.41, 5.74) is 6.89. The Kier molecular flexibility index (Phi) is 6.10. The average Bonchev–Trinajstić information content (AvgIpc) is 3.06. The number of anilines is 2. The van der Waals surface area contributed by atoms with E-state index in [0.29, 0.717) is 17.9 Å². The van der Waals surface area contributed by atoms with Crippen molar-refractivity contribution in [3.63, 3.8) is 0 Å². The van der Waals surface area contributed by atoms with Gasteiger partial charge in [-0.3, -0.25) is 19.7 Å². The lowest BCUT2D eigenvalue weighted by Crippen LogP contribution is -2.41. The van der Waals surface area contributed by atoms with E-state index < -0.39 is 0 Å². The van der Waals surface area contributed by atoms with Gasteiger partial charge in [0.15, 0.2) is 0 Å². The molecule has 2 N–H and O–H groups in total. The fourth-order valence-corrected chi connectivity index (χ4v) is 5.28. The van der Waals surface area contributed by atoms with Gasteiger partial charge in [0.05, 0.1) is 4.91 Å². The van der Waals surface area contributed by atoms with Crippen molar-refractivity contribution < 1.29 is 14.4 Å². The second kappa shape index (κ2) is 8.71. The zero-order valence-corrected chi connectivity index (χ0v) is 20.5. The van der Waals surface area contributed by atoms with E-state index in [2.05, 4.69) is 43.5 Å². The largest absolute Gasteiger partial charge is 0.385 e. The summed E-state index contributed by atoms with van der Waals surface area (Å²) in [4.78, 5) is 38.7. The number of amides is 3. The molecule has 7 heteroatoms. The maximum absolute atomic E-state index is 12.8. The Morgan fingerprint density at radius 2 is 1.88 bits per heavy atom. The van der Waals surface area contributed by atoms with E-state index in [1.54, 1.807) is 6.08 Å². The van der Waals surface area contributed by atoms with Crippen molar-refractivity contribution in [1.29, 1.82) is 0 Å². The molecule has 0 aliphatic carbocycles. The molecule has 0 bridgehead atoms. The quantitative estimate of drug-likeness (QED) is 0.577. The molecule has 2 aliphatic rings. The molecule has 2 heterocycles. The van der Waals surface area contributed by atoms with Gasteiger partial charge in [-0.25, -0.2) is 0 Å². The molecule has 33 heavy (non-hydrogen) atoms. The summed E-state index contributed by atoms with van der Waals surface area (Å²) in [5, 5.41) is 5.37. The van der Waals surface area contributed by atoms with E-state index >= 15 is 0 Å². The highest BCUT2D eigenvalue weighted by Gasteiger charge is 2.36. The zero-order chi connectivity index (χ0) is 23.9. The molecule has 6 nitrogen and oxygen atoms in total. The lowest BCUT2D eigenvalue weighted by Gasteiger charge is -2.39. The van der Waals surface area contributed by atoms with Crippen molar-refractivity contribution >= 4 is 46.3 Å². The van der Waals surface area contributed by atoms with Crippen LogP contribution in [0.1, 0.15) is 50.8 Å². The molecular weight excluding hydrogens is 434 g/mol. The van der Waals surface area contributed by atoms with Gasteiger partial charge in [-0.05, 0) is 79.1 Å². The first-order chi connectivity index (χ1) is 15.6. The Labute approximate surface area is 198 Å². The van der Waals surface area contributed by atoms with E-state index in [1.807, 2.05) is 36.9 Å². The summed E-state index contributed by atoms with van der Waals surface area (Å²) in [6, 6.07) is 10.3. The van der Waals surface area contributed by atoms with Crippen LogP contribution in [-0.2, 0) is 15.0 Å². The maximum Gasteiger partial charge on any atom is 0.290 e. The van der Waals surface area contributed by atoms with Crippen LogP contribution in [0.25, 0.3) is 17.2 Å². The molecule has 1 saturated heterocycles. The first-order valence-corrected chi connectivity index (χ1v) is 12.0. The SMILES string of the molecule is CCNc1ccc(/C=C2/SC(=O)NC2=O)cc1-c1cc2c(cc1C)C(C)(C)CC(=O)N2CC. The van der Waals surface area contributed by atoms with Gasteiger partial charge in [0.2, 0.25) is 5.91 Å². The number of thioether (sulfide) groups is 1. The molecule has 2 aromatic rings. The number of nitrogens with one attached hydrogen (secondary N) is 2. The van der Waals surface area contributed by atoms with Crippen LogP contribution in [0.3, 0.4) is 0 Å². The van der Waals surface area contributed by atoms with Gasteiger partial charge >= 0.3 is 0 Å². The molecule has 1 fully saturated rings. The third-order valence-electron chi connectivity index (χ3n) is 6.21. The number of carbonyl (C=O) groups is 3. The summed E-state index contributed by atoms with van der Waals surface area (Å²) >= 11 is 0.911. The molecule has 2 aliphatic heterocycles. The van der Waals surface area contributed by atoms with E-state index in [9.17, 15) is 14.4 Å². The lowest BCUT2D eigenvalue weighted by molar-refractivity contribution is -0.120. The number of nitrogens with zero attached hydrogens (tertiary/aromatic N) is 1. The molecule has 3 amide bonds. The number of benzene rings is 2. The number of imide groups is 1. The third-order valence-corrected chi connectivity index (χ3v) is 7.02. The first kappa shape index (κ1) is 23.1. The second-order valence-corrected chi connectivity index (χ2v) is 10.1. The van der Waals surface area contributed by atoms with Gasteiger partial charge in [0, 0.05) is 41.9 Å². The van der Waals surface area contributed by atoms with Crippen LogP contribution in [0.4, 0.5) is 16.2 Å². The fraction of sp³-hybridized carbons (Fsp3) is 0.346. The standard InChI is InChI=1S/C26H29N3O3S/c1-6-27-20-9-8-16(12-22-24(31)28-25(32)33-22)11-18(20)17-13-21-19(10-15(17)3)26(4,5)14-23(30)29(21)7-2/h8-13,27H,6-7,14H2,1-5H3,(H,28,31,32)/b22-12+. The molecule has 4 rings (SSSR count). The van der Waals surface area contributed by atoms with Crippen molar-refractivity contribution in [2.24, 2.45) is 0 Å². The van der Waals surface area contributed by atoms with Gasteiger partial charge in [0.1, 0.15) is 0 Å². The monoisotopic (exact) mass is 463 g/mol. The summed E-state index contributed by atoms with van der Waals surface area (Å²) in [7, 11) is 0. The molecule has 0 unspecified atom stereocenters. The van der Waals surface area contributed by atoms with Crippen LogP contribution in [0.15, 0.2) is 35.2 Å². The predicted molar refractivity (Wildman–Crippen MR) is 136 cm³/mol. The van der Waals surface area contributed by atoms with Crippen molar-refractivity contribution in [3.05, 3.63) is 51.9 Å². The molecule has 0 atom stereocenters. The average molecular weight is 464 g/mol. The minimum absolute atomic E-state index is 0.143. The van der Waals surface area contributed by atoms with Gasteiger partial charge in [-0.2, -0.15) is 0 Å². The van der Waals surface area contributed by atoms with Crippen molar-refractivity contribution in [2.45, 2.75) is 46.5 Å². The lowest BCUT2D eigenvalue weighted by atomic mass is 9.75. The highest BCUT2D eigenvalue weighted by Crippen LogP contribution is 2.44. The number of fused-ring (bicyclic) bond motifs is 1. The molecule has 172 valence electrons. The van der Waals surface area contributed by atoms with Crippen molar-refractivity contribution in [1.82, 2.24) is 5.32 Å². The van der Waals surface area contributed by atoms with Crippen LogP contribution >= 0.6 is 11.8 Å². The van der Waals surface area contributed by atoms with E-state index in [-0.39, 0.29) is 22.5 Å². The van der Waals surface area contributed by atoms with Gasteiger partial charge in [-0.15, -0.1) is 0 Å². The normalized spacial score (nSPS) is 18.5. The molecule has 0 spiro atoms. The fourth-order valence-electron chi connectivity index (χ4n) is 4.59. The number of carbonyl (C=O) groups excluding carboxylic acids is 3. The zero-order valence-electron chi connectivity index (χ0n) is 19.7. The highest BCUT2D eigenvalue weighted by molar-refractivity contribution is 8.18. The first-order valence-electron chi connectivity index (χ1n) is 11.2. The Bertz CT molecular complexity index is 1200. The van der Waals surface area contributed by atoms with E-state index in [0.717, 1.165) is 51.9 Å². The summed E-state index contributed by atoms with van der Waals surface area (Å²) in [5.74, 6) is -0.226. The Hall–Kier alpha value is -3.06. The Morgan fingerprint density at radius 3 is 2.52 bits per heavy atom. The minimum Gasteiger partial charge on any atom is -0.385 e. The van der Waals surface area contributed by atoms with E-state index in [1.165, 1.54) is 5.56 Å². The smallest absolute Gasteiger partial charge is 0.290 e. The van der Waals surface area contributed by atoms with Crippen LogP contribution < -0.4 is 15.5 Å². The van der Waals surface area contributed by atoms with Crippen LogP contribution in [0, 0.1) is 6.92 Å². The maximum atomic E-state index is 12.8. The van der Waals surface area contributed by atoms with Gasteiger partial charge in [-0.1, -0.05) is 26.0 Å². The van der Waals surface area contributed by atoms with Gasteiger partial charge < -0.3 is 10.2 Å². The Balaban J connectivity index is 1.88. The molecule has 0 radical (unpaired) electrons. The molecule has 0 saturated carbocycles. The number of aryl methyl sites for hydroxylation is 1. The molecule has 0 aromatic heterocycles. The topological polar surface area (TPSA) is 78.5 Å². The van der Waals surface area contributed by atoms with Crippen molar-refractivity contribution in [2.75, 3.05) is 23.3 Å². The molecular formula is C26H29N3O3S. The van der Waals surface area contributed by atoms with E-state index in [4.69, 9.17) is 0 Å². The van der Waals surface area contributed by atoms with Gasteiger partial charge in [0.25, 0.3) is 11.1 Å². The van der Waals surface area contributed by atoms with Crippen LogP contribution in [0.2, 0.25) is 0 Å². The molecule has 2 aromatic carbocycles. The van der Waals surface area contributed by atoms with Crippen LogP contribution in [-0.4, -0.2) is 30.1 Å². The highest BCUT2D eigenvalue weighted by atomic mass is 32.2. The number of rotatable bonds is 5. The van der Waals surface area contributed by atoms with Crippen LogP contribution in [0.5, 0.6) is 0 Å². The Morgan fingerprint density at radius 1 is 1.12 bits per heavy atom. The summed E-state index contributed by atoms with van der Waals surface area (Å²) < 4.78 is 0. The third kappa shape index (κ3) is 4.29. The number of hydrogen-bond donors (Lipinski definition) is 2.